The number of aryl methyl sites for hydroxylation is 1. The van der Waals surface area contributed by atoms with E-state index in [2.05, 4.69) is 12.2 Å². The van der Waals surface area contributed by atoms with E-state index in [0.717, 1.165) is 59.8 Å². The fourth-order valence-corrected chi connectivity index (χ4v) is 5.52. The Hall–Kier alpha value is -4.39. The lowest BCUT2D eigenvalue weighted by Gasteiger charge is -2.27. The highest BCUT2D eigenvalue weighted by molar-refractivity contribution is 5.96. The van der Waals surface area contributed by atoms with Crippen molar-refractivity contribution in [3.63, 3.8) is 0 Å². The van der Waals surface area contributed by atoms with Gasteiger partial charge in [-0.2, -0.15) is 13.2 Å². The number of rotatable bonds is 13. The van der Waals surface area contributed by atoms with Crippen molar-refractivity contribution < 1.29 is 47.0 Å². The molecule has 2 aromatic carbocycles. The van der Waals surface area contributed by atoms with Crippen LogP contribution in [0.1, 0.15) is 52.5 Å². The Balaban J connectivity index is 0.000000771. The molecule has 2 N–H and O–H groups in total. The van der Waals surface area contributed by atoms with Gasteiger partial charge in [-0.15, -0.1) is 0 Å². The lowest BCUT2D eigenvalue weighted by molar-refractivity contribution is -0.672. The summed E-state index contributed by atoms with van der Waals surface area (Å²) in [4.78, 5) is 35.7. The van der Waals surface area contributed by atoms with Gasteiger partial charge in [0, 0.05) is 49.2 Å². The summed E-state index contributed by atoms with van der Waals surface area (Å²) < 4.78 is 58.8. The van der Waals surface area contributed by atoms with E-state index in [1.54, 1.807) is 35.0 Å². The number of pyridine rings is 1. The largest absolute Gasteiger partial charge is 0.542 e. The third kappa shape index (κ3) is 9.80. The number of aliphatic carboxylic acids is 1. The highest BCUT2D eigenvalue weighted by atomic mass is 19.4. The van der Waals surface area contributed by atoms with Crippen LogP contribution in [0.3, 0.4) is 0 Å². The van der Waals surface area contributed by atoms with Crippen molar-refractivity contribution in [3.8, 4) is 22.6 Å². The van der Waals surface area contributed by atoms with Gasteiger partial charge in [0.1, 0.15) is 29.8 Å². The molecule has 0 spiro atoms. The highest BCUT2D eigenvalue weighted by Gasteiger charge is 2.42. The van der Waals surface area contributed by atoms with Gasteiger partial charge in [-0.1, -0.05) is 19.1 Å². The molecule has 1 aliphatic heterocycles. The number of carbonyl (C=O) groups excluding carboxylic acids is 2. The average molecular weight is 664 g/mol. The van der Waals surface area contributed by atoms with Crippen molar-refractivity contribution >= 4 is 17.6 Å². The maximum absolute atomic E-state index is 13.6. The summed E-state index contributed by atoms with van der Waals surface area (Å²) in [6, 6.07) is 13.8. The number of anilines is 1. The molecule has 2 heterocycles. The molecule has 256 valence electrons. The molecule has 1 aliphatic rings. The van der Waals surface area contributed by atoms with Gasteiger partial charge >= 0.3 is 6.18 Å². The Kier molecular flexibility index (Phi) is 13.0. The fourth-order valence-electron chi connectivity index (χ4n) is 5.52. The Morgan fingerprint density at radius 1 is 0.979 bits per heavy atom. The van der Waals surface area contributed by atoms with Crippen molar-refractivity contribution in [1.29, 1.82) is 0 Å². The minimum atomic E-state index is -5.19. The topological polar surface area (TPSA) is 118 Å². The Morgan fingerprint density at radius 2 is 1.57 bits per heavy atom. The van der Waals surface area contributed by atoms with Crippen LogP contribution in [0.2, 0.25) is 0 Å². The van der Waals surface area contributed by atoms with Crippen LogP contribution in [-0.4, -0.2) is 48.9 Å². The van der Waals surface area contributed by atoms with Crippen LogP contribution in [0, 0.1) is 11.2 Å². The lowest BCUT2D eigenvalue weighted by atomic mass is 9.81. The molecule has 0 aliphatic carbocycles. The predicted molar refractivity (Wildman–Crippen MR) is 166 cm³/mol. The second-order valence-corrected chi connectivity index (χ2v) is 11.2. The number of nitrogens with zero attached hydrogens (tertiary/aromatic N) is 2. The van der Waals surface area contributed by atoms with Crippen LogP contribution in [0.25, 0.3) is 11.1 Å². The van der Waals surface area contributed by atoms with E-state index in [1.165, 1.54) is 12.1 Å². The summed E-state index contributed by atoms with van der Waals surface area (Å²) in [6.07, 6.45) is -1.08. The zero-order valence-electron chi connectivity index (χ0n) is 27.0. The summed E-state index contributed by atoms with van der Waals surface area (Å²) >= 11 is 0. The van der Waals surface area contributed by atoms with E-state index in [0.29, 0.717) is 32.7 Å². The summed E-state index contributed by atoms with van der Waals surface area (Å²) in [5.41, 5.74) is 3.39. The maximum Gasteiger partial charge on any atom is 0.430 e. The number of halogens is 4. The molecule has 1 aromatic heterocycles. The Morgan fingerprint density at radius 3 is 2.09 bits per heavy atom. The van der Waals surface area contributed by atoms with E-state index in [9.17, 15) is 27.2 Å². The van der Waals surface area contributed by atoms with Gasteiger partial charge in [-0.05, 0) is 63.1 Å². The van der Waals surface area contributed by atoms with Gasteiger partial charge in [0.2, 0.25) is 5.91 Å². The number of hydrogen-bond acceptors (Lipinski definition) is 6. The Bertz CT molecular complexity index is 1550. The number of amides is 1. The van der Waals surface area contributed by atoms with E-state index < -0.39 is 12.1 Å². The van der Waals surface area contributed by atoms with Gasteiger partial charge < -0.3 is 34.2 Å². The zero-order chi connectivity index (χ0) is 34.8. The number of quaternary nitrogens is 1. The number of carboxylic acid groups (broad SMARTS) is 1. The normalized spacial score (nSPS) is 16.1. The van der Waals surface area contributed by atoms with Crippen molar-refractivity contribution in [3.05, 3.63) is 76.5 Å². The number of carboxylic acids is 1. The molecule has 1 saturated heterocycles. The molecule has 3 aromatic rings. The number of benzene rings is 2. The number of nitrogens with two attached hydrogens (primary N) is 1. The third-order valence-corrected chi connectivity index (χ3v) is 8.04. The molecule has 4 rings (SSSR count). The second-order valence-electron chi connectivity index (χ2n) is 11.2. The molecule has 1 unspecified atom stereocenters. The number of alkyl halides is 3. The van der Waals surface area contributed by atoms with E-state index in [4.69, 9.17) is 19.4 Å². The molecule has 1 amide bonds. The molecule has 0 bridgehead atoms. The summed E-state index contributed by atoms with van der Waals surface area (Å²) in [6.45, 7) is 11.8. The molecule has 9 nitrogen and oxygen atoms in total. The van der Waals surface area contributed by atoms with Crippen molar-refractivity contribution in [2.75, 3.05) is 31.2 Å². The van der Waals surface area contributed by atoms with Crippen molar-refractivity contribution in [2.45, 2.75) is 66.2 Å². The van der Waals surface area contributed by atoms with Crippen LogP contribution in [0.15, 0.2) is 59.5 Å². The molecular formula is C34H41F4N3O6. The van der Waals surface area contributed by atoms with Gasteiger partial charge in [0.15, 0.2) is 0 Å². The van der Waals surface area contributed by atoms with Gasteiger partial charge in [-0.3, -0.25) is 9.59 Å². The standard InChI is InChI=1S/C32H40FN3O4.C2HF3O2/c1-5-32(19-30(38)36(22-32)26-13-14-29(37)35(6-2)21-26)15-16-34-20-23-17-27(39-7-3)31(28(18-23)40-8-4)24-9-11-25(33)12-10-24;3-2(4,5)1(6)7/h9-14,17-18,21,34H,5-8,15-16,19-20,22H2,1-4H3;(H,6,7). The minimum Gasteiger partial charge on any atom is -0.542 e. The van der Waals surface area contributed by atoms with Crippen LogP contribution in [0.4, 0.5) is 23.2 Å². The smallest absolute Gasteiger partial charge is 0.430 e. The summed E-state index contributed by atoms with van der Waals surface area (Å²) in [5, 5.41) is 11.0. The third-order valence-electron chi connectivity index (χ3n) is 8.04. The second kappa shape index (κ2) is 16.4. The van der Waals surface area contributed by atoms with Crippen LogP contribution in [0.5, 0.6) is 11.5 Å². The molecule has 0 radical (unpaired) electrons. The minimum absolute atomic E-state index is 0.0556. The molecule has 0 saturated carbocycles. The monoisotopic (exact) mass is 663 g/mol. The average Bonchev–Trinajstić information content (AvgIpc) is 3.37. The zero-order valence-corrected chi connectivity index (χ0v) is 27.0. The van der Waals surface area contributed by atoms with Gasteiger partial charge in [-0.25, -0.2) is 4.39 Å². The van der Waals surface area contributed by atoms with Crippen LogP contribution in [-0.2, 0) is 22.7 Å². The first-order chi connectivity index (χ1) is 22.3. The summed E-state index contributed by atoms with van der Waals surface area (Å²) in [7, 11) is 0. The maximum atomic E-state index is 13.6. The quantitative estimate of drug-likeness (QED) is 0.218. The predicted octanol–water partition coefficient (Wildman–Crippen LogP) is 4.06. The summed E-state index contributed by atoms with van der Waals surface area (Å²) in [5.74, 6) is -1.74. The van der Waals surface area contributed by atoms with Crippen molar-refractivity contribution in [2.24, 2.45) is 5.41 Å². The molecule has 47 heavy (non-hydrogen) atoms. The first kappa shape index (κ1) is 37.1. The number of hydrogen-bond donors (Lipinski definition) is 1. The van der Waals surface area contributed by atoms with Gasteiger partial charge in [0.05, 0.1) is 31.0 Å². The first-order valence-electron chi connectivity index (χ1n) is 15.6. The van der Waals surface area contributed by atoms with E-state index in [1.807, 2.05) is 37.8 Å². The van der Waals surface area contributed by atoms with Gasteiger partial charge in [0.25, 0.3) is 5.56 Å². The van der Waals surface area contributed by atoms with E-state index >= 15 is 0 Å². The number of aromatic nitrogens is 1. The molecule has 1 atom stereocenters. The fraction of sp³-hybridized carbons (Fsp3) is 0.441. The Labute approximate surface area is 271 Å². The van der Waals surface area contributed by atoms with Crippen LogP contribution >= 0.6 is 0 Å². The lowest BCUT2D eigenvalue weighted by Crippen LogP contribution is -2.83. The first-order valence-corrected chi connectivity index (χ1v) is 15.6. The molecule has 1 fully saturated rings. The van der Waals surface area contributed by atoms with E-state index in [-0.39, 0.29) is 22.7 Å². The van der Waals surface area contributed by atoms with Crippen LogP contribution < -0.4 is 30.4 Å². The highest BCUT2D eigenvalue weighted by Crippen LogP contribution is 2.41. The molecule has 13 heteroatoms. The molecular weight excluding hydrogens is 622 g/mol. The number of carbonyl (C=O) groups is 2. The number of ether oxygens (including phenoxy) is 2. The van der Waals surface area contributed by atoms with Crippen molar-refractivity contribution in [1.82, 2.24) is 4.57 Å². The SMILES string of the molecule is CCOc1cc(C[NH2+]CCC2(CC)CC(=O)N(c3ccc(=O)n(CC)c3)C2)cc(OCC)c1-c1ccc(F)cc1.O=C([O-])C(F)(F)F.